The molecule has 0 radical (unpaired) electrons. The van der Waals surface area contributed by atoms with Crippen LogP contribution in [-0.2, 0) is 19.5 Å². The molecule has 2 N–H and O–H groups in total. The second-order valence-corrected chi connectivity index (χ2v) is 6.55. The van der Waals surface area contributed by atoms with Gasteiger partial charge in [-0.15, -0.1) is 0 Å². The smallest absolute Gasteiger partial charge is 0.215 e. The lowest BCUT2D eigenvalue weighted by Crippen LogP contribution is -2.39. The molecule has 0 saturated carbocycles. The zero-order chi connectivity index (χ0) is 14.6. The molecule has 0 heterocycles. The van der Waals surface area contributed by atoms with E-state index in [4.69, 9.17) is 9.47 Å². The van der Waals surface area contributed by atoms with Gasteiger partial charge in [-0.2, -0.15) is 0 Å². The third-order valence-electron chi connectivity index (χ3n) is 2.66. The van der Waals surface area contributed by atoms with E-state index < -0.39 is 15.3 Å². The van der Waals surface area contributed by atoms with E-state index in [0.29, 0.717) is 32.9 Å². The summed E-state index contributed by atoms with van der Waals surface area (Å²) in [6.07, 6.45) is 1.62. The van der Waals surface area contributed by atoms with Gasteiger partial charge in [-0.1, -0.05) is 6.92 Å². The highest BCUT2D eigenvalue weighted by Gasteiger charge is 2.18. The Labute approximate surface area is 117 Å². The SMILES string of the molecule is CCNCC(C)S(=O)(=O)NCCCCOCCOC. The summed E-state index contributed by atoms with van der Waals surface area (Å²) >= 11 is 0. The second kappa shape index (κ2) is 11.6. The fourth-order valence-electron chi connectivity index (χ4n) is 1.39. The van der Waals surface area contributed by atoms with Gasteiger partial charge >= 0.3 is 0 Å². The van der Waals surface area contributed by atoms with Crippen LogP contribution < -0.4 is 10.0 Å². The Morgan fingerprint density at radius 1 is 1.16 bits per heavy atom. The van der Waals surface area contributed by atoms with Crippen molar-refractivity contribution in [2.24, 2.45) is 0 Å². The van der Waals surface area contributed by atoms with Gasteiger partial charge in [0.05, 0.1) is 18.5 Å². The first-order chi connectivity index (χ1) is 9.04. The fraction of sp³-hybridized carbons (Fsp3) is 1.00. The van der Waals surface area contributed by atoms with Crippen LogP contribution in [0.3, 0.4) is 0 Å². The topological polar surface area (TPSA) is 76.7 Å². The first kappa shape index (κ1) is 18.8. The number of unbranched alkanes of at least 4 members (excludes halogenated alkanes) is 1. The molecule has 0 aliphatic heterocycles. The zero-order valence-corrected chi connectivity index (χ0v) is 13.1. The minimum Gasteiger partial charge on any atom is -0.382 e. The van der Waals surface area contributed by atoms with E-state index in [1.165, 1.54) is 0 Å². The predicted octanol–water partition coefficient (Wildman–Crippen LogP) is 0.347. The molecule has 0 spiro atoms. The van der Waals surface area contributed by atoms with Gasteiger partial charge in [0.1, 0.15) is 0 Å². The highest BCUT2D eigenvalue weighted by molar-refractivity contribution is 7.90. The van der Waals surface area contributed by atoms with Gasteiger partial charge in [-0.25, -0.2) is 13.1 Å². The van der Waals surface area contributed by atoms with Crippen molar-refractivity contribution in [3.63, 3.8) is 0 Å². The molecule has 7 heteroatoms. The maximum Gasteiger partial charge on any atom is 0.215 e. The Kier molecular flexibility index (Phi) is 11.5. The fourth-order valence-corrected chi connectivity index (χ4v) is 2.44. The second-order valence-electron chi connectivity index (χ2n) is 4.37. The van der Waals surface area contributed by atoms with Gasteiger partial charge in [0.25, 0.3) is 0 Å². The summed E-state index contributed by atoms with van der Waals surface area (Å²) in [7, 11) is -1.58. The van der Waals surface area contributed by atoms with Crippen LogP contribution in [0.5, 0.6) is 0 Å². The van der Waals surface area contributed by atoms with Crippen molar-refractivity contribution in [1.29, 1.82) is 0 Å². The van der Waals surface area contributed by atoms with Crippen molar-refractivity contribution in [2.75, 3.05) is 46.6 Å². The molecule has 0 aromatic carbocycles. The van der Waals surface area contributed by atoms with Crippen molar-refractivity contribution in [3.8, 4) is 0 Å². The molecule has 0 aromatic heterocycles. The minimum absolute atomic E-state index is 0.412. The van der Waals surface area contributed by atoms with Crippen LogP contribution in [0, 0.1) is 0 Å². The monoisotopic (exact) mass is 296 g/mol. The molecule has 0 amide bonds. The number of methoxy groups -OCH3 is 1. The normalized spacial score (nSPS) is 13.6. The van der Waals surface area contributed by atoms with Crippen molar-refractivity contribution >= 4 is 10.0 Å². The third-order valence-corrected chi connectivity index (χ3v) is 4.49. The molecule has 19 heavy (non-hydrogen) atoms. The molecule has 0 aliphatic rings. The number of sulfonamides is 1. The van der Waals surface area contributed by atoms with Gasteiger partial charge in [-0.05, 0) is 26.3 Å². The lowest BCUT2D eigenvalue weighted by Gasteiger charge is -2.14. The average Bonchev–Trinajstić information content (AvgIpc) is 2.38. The lowest BCUT2D eigenvalue weighted by atomic mass is 10.3. The number of rotatable bonds is 13. The summed E-state index contributed by atoms with van der Waals surface area (Å²) in [5.41, 5.74) is 0. The summed E-state index contributed by atoms with van der Waals surface area (Å²) < 4.78 is 36.4. The summed E-state index contributed by atoms with van der Waals surface area (Å²) in [5, 5.41) is 2.62. The number of nitrogens with one attached hydrogen (secondary N) is 2. The van der Waals surface area contributed by atoms with Crippen molar-refractivity contribution in [1.82, 2.24) is 10.0 Å². The highest BCUT2D eigenvalue weighted by Crippen LogP contribution is 1.98. The predicted molar refractivity (Wildman–Crippen MR) is 76.9 cm³/mol. The molecule has 1 atom stereocenters. The van der Waals surface area contributed by atoms with E-state index in [1.807, 2.05) is 6.92 Å². The van der Waals surface area contributed by atoms with Crippen molar-refractivity contribution in [2.45, 2.75) is 31.9 Å². The van der Waals surface area contributed by atoms with Crippen molar-refractivity contribution < 1.29 is 17.9 Å². The molecule has 116 valence electrons. The zero-order valence-electron chi connectivity index (χ0n) is 12.3. The summed E-state index contributed by atoms with van der Waals surface area (Å²) in [4.78, 5) is 0. The van der Waals surface area contributed by atoms with E-state index in [-0.39, 0.29) is 0 Å². The van der Waals surface area contributed by atoms with E-state index in [9.17, 15) is 8.42 Å². The van der Waals surface area contributed by atoms with Gasteiger partial charge in [0, 0.05) is 26.8 Å². The number of ether oxygens (including phenoxy) is 2. The van der Waals surface area contributed by atoms with E-state index in [1.54, 1.807) is 14.0 Å². The van der Waals surface area contributed by atoms with Crippen LogP contribution in [0.15, 0.2) is 0 Å². The Balaban J connectivity index is 3.58. The van der Waals surface area contributed by atoms with Crippen LogP contribution >= 0.6 is 0 Å². The van der Waals surface area contributed by atoms with E-state index >= 15 is 0 Å². The maximum absolute atomic E-state index is 11.8. The maximum atomic E-state index is 11.8. The molecule has 0 rings (SSSR count). The molecule has 0 bridgehead atoms. The summed E-state index contributed by atoms with van der Waals surface area (Å²) in [6.45, 7) is 7.20. The molecular formula is C12H28N2O4S. The Morgan fingerprint density at radius 2 is 1.89 bits per heavy atom. The van der Waals surface area contributed by atoms with Crippen LogP contribution in [0.25, 0.3) is 0 Å². The molecule has 0 saturated heterocycles. The first-order valence-electron chi connectivity index (χ1n) is 6.80. The Hall–Kier alpha value is -0.210. The van der Waals surface area contributed by atoms with E-state index in [0.717, 1.165) is 19.4 Å². The Bertz CT molecular complexity index is 296. The molecule has 1 unspecified atom stereocenters. The van der Waals surface area contributed by atoms with Gasteiger partial charge < -0.3 is 14.8 Å². The molecule has 6 nitrogen and oxygen atoms in total. The summed E-state index contributed by atoms with van der Waals surface area (Å²) in [5.74, 6) is 0. The Morgan fingerprint density at radius 3 is 2.53 bits per heavy atom. The third kappa shape index (κ3) is 10.3. The highest BCUT2D eigenvalue weighted by atomic mass is 32.2. The van der Waals surface area contributed by atoms with Gasteiger partial charge in [-0.3, -0.25) is 0 Å². The minimum atomic E-state index is -3.21. The molecular weight excluding hydrogens is 268 g/mol. The van der Waals surface area contributed by atoms with E-state index in [2.05, 4.69) is 10.0 Å². The van der Waals surface area contributed by atoms with Crippen molar-refractivity contribution in [3.05, 3.63) is 0 Å². The standard InChI is InChI=1S/C12H28N2O4S/c1-4-13-11-12(2)19(15,16)14-7-5-6-8-18-10-9-17-3/h12-14H,4-11H2,1-3H3. The molecule has 0 fully saturated rings. The summed E-state index contributed by atoms with van der Waals surface area (Å²) in [6, 6.07) is 0. The first-order valence-corrected chi connectivity index (χ1v) is 8.35. The number of hydrogen-bond donors (Lipinski definition) is 2. The molecule has 0 aromatic rings. The lowest BCUT2D eigenvalue weighted by molar-refractivity contribution is 0.0689. The largest absolute Gasteiger partial charge is 0.382 e. The van der Waals surface area contributed by atoms with Gasteiger partial charge in [0.15, 0.2) is 0 Å². The quantitative estimate of drug-likeness (QED) is 0.480. The van der Waals surface area contributed by atoms with Crippen LogP contribution in [-0.4, -0.2) is 60.2 Å². The van der Waals surface area contributed by atoms with Crippen LogP contribution in [0.1, 0.15) is 26.7 Å². The number of hydrogen-bond acceptors (Lipinski definition) is 5. The van der Waals surface area contributed by atoms with Crippen LogP contribution in [0.4, 0.5) is 0 Å². The average molecular weight is 296 g/mol. The van der Waals surface area contributed by atoms with Gasteiger partial charge in [0.2, 0.25) is 10.0 Å². The molecule has 0 aliphatic carbocycles. The van der Waals surface area contributed by atoms with Crippen LogP contribution in [0.2, 0.25) is 0 Å².